The summed E-state index contributed by atoms with van der Waals surface area (Å²) in [6.07, 6.45) is 0. The number of hydrogen-bond acceptors (Lipinski definition) is 6. The van der Waals surface area contributed by atoms with Crippen molar-refractivity contribution in [3.63, 3.8) is 0 Å². The monoisotopic (exact) mass is 309 g/mol. The molecule has 0 fully saturated rings. The third kappa shape index (κ3) is 4.93. The van der Waals surface area contributed by atoms with E-state index in [9.17, 15) is 10.1 Å². The lowest BCUT2D eigenvalue weighted by Crippen LogP contribution is -2.14. The maximum Gasteiger partial charge on any atom is 0.344 e. The first-order valence-electron chi connectivity index (χ1n) is 7.02. The van der Waals surface area contributed by atoms with E-state index in [1.807, 2.05) is 36.4 Å². The van der Waals surface area contributed by atoms with Gasteiger partial charge in [-0.15, -0.1) is 0 Å². The Kier molecular flexibility index (Phi) is 5.83. The lowest BCUT2D eigenvalue weighted by atomic mass is 10.2. The largest absolute Gasteiger partial charge is 0.481 e. The third-order valence-corrected chi connectivity index (χ3v) is 2.77. The molecule has 116 valence electrons. The molecule has 0 spiro atoms. The number of carbonyl (C=O) groups excluding carboxylic acids is 1. The lowest BCUT2D eigenvalue weighted by Gasteiger charge is -2.07. The van der Waals surface area contributed by atoms with Crippen molar-refractivity contribution >= 4 is 17.3 Å². The number of nitriles is 1. The summed E-state index contributed by atoms with van der Waals surface area (Å²) in [5.41, 5.74) is 1.52. The summed E-state index contributed by atoms with van der Waals surface area (Å²) in [6, 6.07) is 16.1. The molecule has 0 bridgehead atoms. The van der Waals surface area contributed by atoms with Gasteiger partial charge in [-0.2, -0.15) is 15.5 Å². The molecule has 2 aromatic carbocycles. The molecule has 0 aromatic heterocycles. The molecule has 0 saturated carbocycles. The van der Waals surface area contributed by atoms with Gasteiger partial charge in [-0.25, -0.2) is 4.79 Å². The summed E-state index contributed by atoms with van der Waals surface area (Å²) in [4.78, 5) is 11.3. The highest BCUT2D eigenvalue weighted by Crippen LogP contribution is 2.25. The van der Waals surface area contributed by atoms with E-state index >= 15 is 0 Å². The second-order valence-electron chi connectivity index (χ2n) is 4.42. The minimum Gasteiger partial charge on any atom is -0.481 e. The molecule has 0 aliphatic heterocycles. The average molecular weight is 309 g/mol. The fourth-order valence-corrected chi connectivity index (χ4v) is 1.74. The minimum absolute atomic E-state index is 0.243. The first-order valence-corrected chi connectivity index (χ1v) is 7.02. The second-order valence-corrected chi connectivity index (χ2v) is 4.42. The maximum atomic E-state index is 11.3. The minimum atomic E-state index is -0.482. The zero-order valence-corrected chi connectivity index (χ0v) is 12.6. The van der Waals surface area contributed by atoms with Crippen LogP contribution in [0.15, 0.2) is 58.8 Å². The first kappa shape index (κ1) is 16.2. The SMILES string of the molecule is CCOC(=O)COc1ccc(N=Nc2ccccc2)cc1C#N. The second kappa shape index (κ2) is 8.29. The van der Waals surface area contributed by atoms with Crippen LogP contribution in [0.5, 0.6) is 5.75 Å². The average Bonchev–Trinajstić information content (AvgIpc) is 2.59. The number of nitrogens with zero attached hydrogens (tertiary/aromatic N) is 3. The normalized spacial score (nSPS) is 10.3. The Labute approximate surface area is 134 Å². The molecule has 0 atom stereocenters. The van der Waals surface area contributed by atoms with Crippen molar-refractivity contribution < 1.29 is 14.3 Å². The van der Waals surface area contributed by atoms with E-state index in [1.165, 1.54) is 0 Å². The van der Waals surface area contributed by atoms with Crippen molar-refractivity contribution in [3.05, 3.63) is 54.1 Å². The van der Waals surface area contributed by atoms with Gasteiger partial charge in [0.25, 0.3) is 0 Å². The van der Waals surface area contributed by atoms with E-state index in [0.717, 1.165) is 0 Å². The maximum absolute atomic E-state index is 11.3. The van der Waals surface area contributed by atoms with Crippen molar-refractivity contribution in [2.75, 3.05) is 13.2 Å². The van der Waals surface area contributed by atoms with E-state index in [4.69, 9.17) is 9.47 Å². The molecule has 0 saturated heterocycles. The molecule has 2 aromatic rings. The zero-order valence-electron chi connectivity index (χ0n) is 12.6. The van der Waals surface area contributed by atoms with Crippen molar-refractivity contribution in [1.82, 2.24) is 0 Å². The first-order chi connectivity index (χ1) is 11.2. The van der Waals surface area contributed by atoms with Crippen LogP contribution in [-0.4, -0.2) is 19.2 Å². The van der Waals surface area contributed by atoms with Gasteiger partial charge in [0.1, 0.15) is 11.8 Å². The highest BCUT2D eigenvalue weighted by molar-refractivity contribution is 5.71. The Bertz CT molecular complexity index is 736. The Balaban J connectivity index is 2.09. The van der Waals surface area contributed by atoms with Gasteiger partial charge in [-0.3, -0.25) is 0 Å². The van der Waals surface area contributed by atoms with Crippen LogP contribution >= 0.6 is 0 Å². The predicted molar refractivity (Wildman–Crippen MR) is 83.9 cm³/mol. The number of ether oxygens (including phenoxy) is 2. The van der Waals surface area contributed by atoms with Crippen molar-refractivity contribution in [1.29, 1.82) is 5.26 Å². The van der Waals surface area contributed by atoms with Gasteiger partial charge in [0.15, 0.2) is 6.61 Å². The van der Waals surface area contributed by atoms with Crippen molar-refractivity contribution in [2.45, 2.75) is 6.92 Å². The van der Waals surface area contributed by atoms with E-state index in [-0.39, 0.29) is 18.8 Å². The van der Waals surface area contributed by atoms with Crippen molar-refractivity contribution in [2.24, 2.45) is 10.2 Å². The van der Waals surface area contributed by atoms with E-state index < -0.39 is 5.97 Å². The van der Waals surface area contributed by atoms with E-state index in [1.54, 1.807) is 25.1 Å². The molecule has 23 heavy (non-hydrogen) atoms. The highest BCUT2D eigenvalue weighted by atomic mass is 16.6. The molecule has 0 aliphatic rings. The third-order valence-electron chi connectivity index (χ3n) is 2.77. The van der Waals surface area contributed by atoms with Gasteiger partial charge >= 0.3 is 5.97 Å². The molecule has 6 heteroatoms. The Hall–Kier alpha value is -3.20. The molecule has 6 nitrogen and oxygen atoms in total. The number of esters is 1. The summed E-state index contributed by atoms with van der Waals surface area (Å²) in [7, 11) is 0. The Morgan fingerprint density at radius 2 is 1.87 bits per heavy atom. The van der Waals surface area contributed by atoms with Crippen LogP contribution in [0, 0.1) is 11.3 Å². The van der Waals surface area contributed by atoms with E-state index in [2.05, 4.69) is 10.2 Å². The lowest BCUT2D eigenvalue weighted by molar-refractivity contribution is -0.145. The molecule has 2 rings (SSSR count). The topological polar surface area (TPSA) is 84.0 Å². The summed E-state index contributed by atoms with van der Waals surface area (Å²) >= 11 is 0. The van der Waals surface area contributed by atoms with Gasteiger partial charge in [0, 0.05) is 0 Å². The molecule has 0 unspecified atom stereocenters. The van der Waals surface area contributed by atoms with Crippen LogP contribution in [0.4, 0.5) is 11.4 Å². The quantitative estimate of drug-likeness (QED) is 0.598. The summed E-state index contributed by atoms with van der Waals surface area (Å²) < 4.78 is 10.1. The molecule has 0 aliphatic carbocycles. The van der Waals surface area contributed by atoms with Crippen molar-refractivity contribution in [3.8, 4) is 11.8 Å². The standard InChI is InChI=1S/C17H15N3O3/c1-2-22-17(21)12-23-16-9-8-15(10-13(16)11-18)20-19-14-6-4-3-5-7-14/h3-10H,2,12H2,1H3. The number of rotatable bonds is 6. The Morgan fingerprint density at radius 3 is 2.57 bits per heavy atom. The van der Waals surface area contributed by atoms with Crippen LogP contribution in [-0.2, 0) is 9.53 Å². The molecule has 0 heterocycles. The summed E-state index contributed by atoms with van der Waals surface area (Å²) in [5.74, 6) is -0.177. The zero-order chi connectivity index (χ0) is 16.5. The Morgan fingerprint density at radius 1 is 1.13 bits per heavy atom. The van der Waals surface area contributed by atoms with Gasteiger partial charge < -0.3 is 9.47 Å². The van der Waals surface area contributed by atoms with Gasteiger partial charge in [-0.1, -0.05) is 18.2 Å². The van der Waals surface area contributed by atoms with Crippen LogP contribution in [0.25, 0.3) is 0 Å². The fraction of sp³-hybridized carbons (Fsp3) is 0.176. The molecule has 0 N–H and O–H groups in total. The van der Waals surface area contributed by atoms with Gasteiger partial charge in [0.2, 0.25) is 0 Å². The van der Waals surface area contributed by atoms with Gasteiger partial charge in [-0.05, 0) is 37.3 Å². The summed E-state index contributed by atoms with van der Waals surface area (Å²) in [5, 5.41) is 17.3. The highest BCUT2D eigenvalue weighted by Gasteiger charge is 2.08. The summed E-state index contributed by atoms with van der Waals surface area (Å²) in [6.45, 7) is 1.75. The fourth-order valence-electron chi connectivity index (χ4n) is 1.74. The predicted octanol–water partition coefficient (Wildman–Crippen LogP) is 3.92. The molecular weight excluding hydrogens is 294 g/mol. The molecule has 0 amide bonds. The molecule has 0 radical (unpaired) electrons. The van der Waals surface area contributed by atoms with Crippen LogP contribution in [0.1, 0.15) is 12.5 Å². The number of benzene rings is 2. The van der Waals surface area contributed by atoms with E-state index in [0.29, 0.717) is 17.1 Å². The van der Waals surface area contributed by atoms with Gasteiger partial charge in [0.05, 0.1) is 23.5 Å². The van der Waals surface area contributed by atoms with Crippen LogP contribution in [0.3, 0.4) is 0 Å². The molecular formula is C17H15N3O3. The smallest absolute Gasteiger partial charge is 0.344 e. The number of hydrogen-bond donors (Lipinski definition) is 0. The number of carbonyl (C=O) groups is 1. The van der Waals surface area contributed by atoms with Crippen LogP contribution in [0.2, 0.25) is 0 Å². The number of azo groups is 1. The van der Waals surface area contributed by atoms with Crippen LogP contribution < -0.4 is 4.74 Å².